The summed E-state index contributed by atoms with van der Waals surface area (Å²) in [4.78, 5) is 5.12. The molecule has 0 aliphatic heterocycles. The van der Waals surface area contributed by atoms with E-state index < -0.39 is 7.92 Å². The molecule has 0 unspecified atom stereocenters. The Hall–Kier alpha value is -5.56. The number of allylic oxidation sites excluding steroid dienone is 5. The van der Waals surface area contributed by atoms with Gasteiger partial charge in [0.2, 0.25) is 0 Å². The van der Waals surface area contributed by atoms with Crippen molar-refractivity contribution in [3.05, 3.63) is 187 Å². The summed E-state index contributed by atoms with van der Waals surface area (Å²) in [5.41, 5.74) is 7.84. The van der Waals surface area contributed by atoms with Gasteiger partial charge in [0.05, 0.1) is 16.6 Å². The van der Waals surface area contributed by atoms with Crippen LogP contribution in [-0.4, -0.2) is 9.38 Å². The zero-order chi connectivity index (χ0) is 31.6. The molecular weight excluding hydrogens is 587 g/mol. The molecule has 0 bridgehead atoms. The van der Waals surface area contributed by atoms with Gasteiger partial charge in [-0.25, -0.2) is 4.98 Å². The summed E-state index contributed by atoms with van der Waals surface area (Å²) in [5, 5.41) is 7.61. The third-order valence-electron chi connectivity index (χ3n) is 8.66. The lowest BCUT2D eigenvalue weighted by Crippen LogP contribution is -2.12. The largest absolute Gasteiger partial charge is 0.292 e. The predicted octanol–water partition coefficient (Wildman–Crippen LogP) is 11.1. The second-order valence-corrected chi connectivity index (χ2v) is 13.8. The standard InChI is InChI=1S/C44H33N2P/c1-2-15-35(47(36-19-5-3-6-20-36)37-21-7-4-8-22-37)23-14-17-32-16-13-18-33(30-32)34-28-29-38-39-24-9-11-26-42(39)46-43-27-12-10-25-41(43)45-44(46)40(38)31-34/h2-31H,1H3/b15-2-,17-14+,35-23+. The molecule has 3 heteroatoms. The van der Waals surface area contributed by atoms with E-state index in [2.05, 4.69) is 193 Å². The Kier molecular flexibility index (Phi) is 7.79. The van der Waals surface area contributed by atoms with Gasteiger partial charge in [-0.05, 0) is 83.2 Å². The summed E-state index contributed by atoms with van der Waals surface area (Å²) in [5.74, 6) is 0. The van der Waals surface area contributed by atoms with Crippen molar-refractivity contribution in [2.24, 2.45) is 0 Å². The molecule has 0 atom stereocenters. The fourth-order valence-corrected chi connectivity index (χ4v) is 8.92. The van der Waals surface area contributed by atoms with Gasteiger partial charge >= 0.3 is 0 Å². The van der Waals surface area contributed by atoms with Crippen LogP contribution in [0.2, 0.25) is 0 Å². The number of imidazole rings is 1. The Balaban J connectivity index is 1.19. The highest BCUT2D eigenvalue weighted by molar-refractivity contribution is 7.77. The van der Waals surface area contributed by atoms with E-state index in [1.54, 1.807) is 0 Å². The highest BCUT2D eigenvalue weighted by Gasteiger charge is 2.17. The zero-order valence-electron chi connectivity index (χ0n) is 26.2. The molecule has 8 aromatic rings. The molecule has 6 aromatic carbocycles. The van der Waals surface area contributed by atoms with E-state index in [9.17, 15) is 0 Å². The number of rotatable bonds is 7. The summed E-state index contributed by atoms with van der Waals surface area (Å²) < 4.78 is 2.31. The lowest BCUT2D eigenvalue weighted by atomic mass is 9.98. The van der Waals surface area contributed by atoms with Gasteiger partial charge in [-0.3, -0.25) is 4.40 Å². The maximum Gasteiger partial charge on any atom is 0.146 e. The highest BCUT2D eigenvalue weighted by atomic mass is 31.1. The van der Waals surface area contributed by atoms with Crippen molar-refractivity contribution in [3.63, 3.8) is 0 Å². The third kappa shape index (κ3) is 5.48. The molecule has 0 amide bonds. The van der Waals surface area contributed by atoms with Gasteiger partial charge < -0.3 is 0 Å². The average molecular weight is 621 g/mol. The fourth-order valence-electron chi connectivity index (χ4n) is 6.55. The molecule has 0 saturated carbocycles. The minimum absolute atomic E-state index is 0.681. The molecule has 8 rings (SSSR count). The summed E-state index contributed by atoms with van der Waals surface area (Å²) in [6, 6.07) is 54.4. The van der Waals surface area contributed by atoms with Crippen molar-refractivity contribution >= 4 is 63.0 Å². The summed E-state index contributed by atoms with van der Waals surface area (Å²) in [6.07, 6.45) is 11.1. The van der Waals surface area contributed by atoms with Gasteiger partial charge in [-0.2, -0.15) is 0 Å². The normalized spacial score (nSPS) is 12.5. The number of pyridine rings is 1. The first-order valence-corrected chi connectivity index (χ1v) is 17.4. The molecule has 0 N–H and O–H groups in total. The van der Waals surface area contributed by atoms with E-state index in [1.165, 1.54) is 43.3 Å². The summed E-state index contributed by atoms with van der Waals surface area (Å²) in [6.45, 7) is 2.09. The van der Waals surface area contributed by atoms with E-state index in [4.69, 9.17) is 4.98 Å². The highest BCUT2D eigenvalue weighted by Crippen LogP contribution is 2.43. The Morgan fingerprint density at radius 1 is 0.596 bits per heavy atom. The molecule has 2 aromatic heterocycles. The summed E-state index contributed by atoms with van der Waals surface area (Å²) in [7, 11) is -0.681. The van der Waals surface area contributed by atoms with Gasteiger partial charge in [-0.15, -0.1) is 0 Å². The van der Waals surface area contributed by atoms with Crippen LogP contribution < -0.4 is 10.6 Å². The number of nitrogens with zero attached hydrogens (tertiary/aromatic N) is 2. The first kappa shape index (κ1) is 28.9. The van der Waals surface area contributed by atoms with E-state index in [0.717, 1.165) is 27.6 Å². The number of hydrogen-bond acceptors (Lipinski definition) is 1. The van der Waals surface area contributed by atoms with E-state index in [-0.39, 0.29) is 0 Å². The number of hydrogen-bond donors (Lipinski definition) is 0. The molecule has 0 radical (unpaired) electrons. The van der Waals surface area contributed by atoms with Crippen molar-refractivity contribution in [2.75, 3.05) is 0 Å². The quantitative estimate of drug-likeness (QED) is 0.0984. The number of para-hydroxylation sites is 3. The SMILES string of the molecule is C\C=C/C(=C\C=C\c1cccc(-c2ccc3c4ccccc4n4c5ccccc5nc4c3c2)c1)P(c1ccccc1)c1ccccc1. The van der Waals surface area contributed by atoms with Gasteiger partial charge in [0.25, 0.3) is 0 Å². The van der Waals surface area contributed by atoms with E-state index in [1.807, 2.05) is 0 Å². The lowest BCUT2D eigenvalue weighted by molar-refractivity contribution is 1.31. The summed E-state index contributed by atoms with van der Waals surface area (Å²) >= 11 is 0. The predicted molar refractivity (Wildman–Crippen MR) is 204 cm³/mol. The Morgan fingerprint density at radius 3 is 2.04 bits per heavy atom. The Bertz CT molecular complexity index is 2430. The molecule has 0 spiro atoms. The number of aromatic nitrogens is 2. The third-order valence-corrected chi connectivity index (χ3v) is 11.1. The van der Waals surface area contributed by atoms with Gasteiger partial charge in [0, 0.05) is 10.8 Å². The van der Waals surface area contributed by atoms with Crippen LogP contribution in [0.5, 0.6) is 0 Å². The molecule has 0 fully saturated rings. The fraction of sp³-hybridized carbons (Fsp3) is 0.0227. The van der Waals surface area contributed by atoms with Crippen LogP contribution in [-0.2, 0) is 0 Å². The second kappa shape index (κ2) is 12.7. The maximum atomic E-state index is 5.12. The second-order valence-electron chi connectivity index (χ2n) is 11.6. The van der Waals surface area contributed by atoms with Crippen LogP contribution in [0.4, 0.5) is 0 Å². The van der Waals surface area contributed by atoms with Gasteiger partial charge in [0.15, 0.2) is 0 Å². The Morgan fingerprint density at radius 2 is 1.28 bits per heavy atom. The molecule has 224 valence electrons. The monoisotopic (exact) mass is 620 g/mol. The van der Waals surface area contributed by atoms with Crippen LogP contribution in [0, 0.1) is 0 Å². The maximum absolute atomic E-state index is 5.12. The van der Waals surface area contributed by atoms with Crippen molar-refractivity contribution in [1.29, 1.82) is 0 Å². The van der Waals surface area contributed by atoms with Crippen molar-refractivity contribution < 1.29 is 0 Å². The molecule has 0 saturated heterocycles. The van der Waals surface area contributed by atoms with Crippen LogP contribution >= 0.6 is 7.92 Å². The number of benzene rings is 6. The number of fused-ring (bicyclic) bond motifs is 8. The molecule has 0 aliphatic carbocycles. The van der Waals surface area contributed by atoms with Crippen LogP contribution in [0.15, 0.2) is 181 Å². The van der Waals surface area contributed by atoms with Crippen molar-refractivity contribution in [2.45, 2.75) is 6.92 Å². The van der Waals surface area contributed by atoms with Crippen LogP contribution in [0.25, 0.3) is 55.6 Å². The van der Waals surface area contributed by atoms with Crippen molar-refractivity contribution in [3.8, 4) is 11.1 Å². The van der Waals surface area contributed by atoms with Gasteiger partial charge in [-0.1, -0.05) is 152 Å². The topological polar surface area (TPSA) is 17.3 Å². The molecule has 0 aliphatic rings. The van der Waals surface area contributed by atoms with Crippen LogP contribution in [0.1, 0.15) is 12.5 Å². The first-order chi connectivity index (χ1) is 23.3. The van der Waals surface area contributed by atoms with E-state index in [0.29, 0.717) is 0 Å². The van der Waals surface area contributed by atoms with Crippen molar-refractivity contribution in [1.82, 2.24) is 9.38 Å². The minimum Gasteiger partial charge on any atom is -0.292 e. The Labute approximate surface area is 276 Å². The molecule has 2 nitrogen and oxygen atoms in total. The minimum atomic E-state index is -0.681. The smallest absolute Gasteiger partial charge is 0.146 e. The zero-order valence-corrected chi connectivity index (χ0v) is 27.1. The lowest BCUT2D eigenvalue weighted by Gasteiger charge is -2.20. The van der Waals surface area contributed by atoms with Gasteiger partial charge in [0.1, 0.15) is 5.65 Å². The van der Waals surface area contributed by atoms with Crippen LogP contribution in [0.3, 0.4) is 0 Å². The molecule has 2 heterocycles. The average Bonchev–Trinajstić information content (AvgIpc) is 3.53. The van der Waals surface area contributed by atoms with E-state index >= 15 is 0 Å². The first-order valence-electron chi connectivity index (χ1n) is 16.0. The molecule has 47 heavy (non-hydrogen) atoms. The molecular formula is C44H33N2P.